The van der Waals surface area contributed by atoms with Crippen LogP contribution in [0.5, 0.6) is 5.75 Å². The Morgan fingerprint density at radius 2 is 0.957 bits per heavy atom. The molecule has 10 aromatic carbocycles. The molecule has 3 saturated carbocycles. The van der Waals surface area contributed by atoms with E-state index >= 15 is 0 Å². The second-order valence-corrected chi connectivity index (χ2v) is 28.7. The van der Waals surface area contributed by atoms with Crippen LogP contribution in [0.3, 0.4) is 0 Å². The molecular weight excluding hydrogens is 1130 g/mol. The van der Waals surface area contributed by atoms with Gasteiger partial charge in [0.2, 0.25) is 6.71 Å². The average molecular weight is 1210 g/mol. The number of para-hydroxylation sites is 7. The van der Waals surface area contributed by atoms with Crippen molar-refractivity contribution in [3.05, 3.63) is 296 Å². The van der Waals surface area contributed by atoms with Gasteiger partial charge in [0.25, 0.3) is 0 Å². The van der Waals surface area contributed by atoms with E-state index in [0.717, 1.165) is 31.4 Å². The van der Waals surface area contributed by atoms with Crippen LogP contribution < -0.4 is 35.3 Å². The molecule has 18 rings (SSSR count). The molecule has 4 aliphatic heterocycles. The van der Waals surface area contributed by atoms with E-state index in [-0.39, 0.29) is 53.9 Å². The van der Waals surface area contributed by atoms with Crippen LogP contribution in [0.1, 0.15) is 57.8 Å². The zero-order valence-electron chi connectivity index (χ0n) is 52.1. The summed E-state index contributed by atoms with van der Waals surface area (Å²) in [6.45, 7) is 0.472. The first-order valence-corrected chi connectivity index (χ1v) is 35.3. The quantitative estimate of drug-likeness (QED) is 0.120. The number of hydrogen-bond donors (Lipinski definition) is 0. The third kappa shape index (κ3) is 9.51. The van der Waals surface area contributed by atoms with Crippen LogP contribution in [-0.2, 0) is 0 Å². The van der Waals surface area contributed by atoms with E-state index in [1.807, 2.05) is 0 Å². The number of allylic oxidation sites excluding steroid dienone is 2. The Morgan fingerprint density at radius 1 is 0.424 bits per heavy atom. The van der Waals surface area contributed by atoms with Crippen molar-refractivity contribution < 1.29 is 4.74 Å². The number of anilines is 6. The Bertz CT molecular complexity index is 4260. The summed E-state index contributed by atoms with van der Waals surface area (Å²) in [5.41, 5.74) is 21.4. The van der Waals surface area contributed by atoms with Gasteiger partial charge in [-0.1, -0.05) is 255 Å². The molecule has 0 N–H and O–H groups in total. The van der Waals surface area contributed by atoms with Crippen molar-refractivity contribution >= 4 is 70.2 Å². The van der Waals surface area contributed by atoms with Crippen molar-refractivity contribution in [2.24, 2.45) is 0 Å². The number of rotatable bonds is 11. The van der Waals surface area contributed by atoms with Crippen LogP contribution in [0.2, 0.25) is 17.5 Å². The minimum atomic E-state index is -0.0304. The molecule has 5 nitrogen and oxygen atoms in total. The Balaban J connectivity index is 0.841. The minimum absolute atomic E-state index is 0.0304. The highest BCUT2D eigenvalue weighted by Gasteiger charge is 2.62. The summed E-state index contributed by atoms with van der Waals surface area (Å²) in [6, 6.07) is 105. The summed E-state index contributed by atoms with van der Waals surface area (Å²) in [6.07, 6.45) is 16.0. The molecule has 2 saturated heterocycles. The molecule has 10 aromatic rings. The van der Waals surface area contributed by atoms with Gasteiger partial charge in [-0.05, 0) is 127 Å². The second kappa shape index (κ2) is 23.7. The lowest BCUT2D eigenvalue weighted by atomic mass is 9.23. The van der Waals surface area contributed by atoms with Gasteiger partial charge in [-0.25, -0.2) is 0 Å². The van der Waals surface area contributed by atoms with Gasteiger partial charge < -0.3 is 24.3 Å². The van der Waals surface area contributed by atoms with E-state index in [9.17, 15) is 0 Å². The molecule has 10 atom stereocenters. The normalized spacial score (nSPS) is 25.0. The Hall–Kier alpha value is -8.84. The van der Waals surface area contributed by atoms with E-state index in [2.05, 4.69) is 317 Å². The fourth-order valence-corrected chi connectivity index (χ4v) is 21.0. The van der Waals surface area contributed by atoms with E-state index in [0.29, 0.717) is 23.8 Å². The standard InChI is InChI=1S/C84H76B2N4OS/c1-8-29-57(30-9-1)66-43-22-25-48-73(66)90-75-56-80-72(85-69-46-23-26-49-74(69)89(63-41-20-7-21-42-63)77-52-65(54-81(92-80)83(77)85)87(60-35-14-4-15-36-60)61-37-16-5-17-38-61)55-71(75)86-70-47-24-27-50-78(70)91-79-53-64(51-76(90)82(79)86)88(62-39-18-6-19-40-62)84-67(58-31-10-2-11-32-58)44-28-45-68(84)59-33-12-3-13-34-59/h1-5,7-17,20-38,41-50,55-56,62,64-65,72,76-77,79-83H,6,18-19,39-40,51-54H2. The van der Waals surface area contributed by atoms with Crippen molar-refractivity contribution in [2.75, 3.05) is 19.6 Å². The molecule has 0 radical (unpaired) electrons. The molecule has 0 amide bonds. The van der Waals surface area contributed by atoms with Crippen LogP contribution in [-0.4, -0.2) is 60.2 Å². The van der Waals surface area contributed by atoms with Crippen LogP contribution in [0.4, 0.5) is 34.1 Å². The maximum Gasteiger partial charge on any atom is 0.225 e. The van der Waals surface area contributed by atoms with E-state index < -0.39 is 0 Å². The maximum absolute atomic E-state index is 7.81. The lowest BCUT2D eigenvalue weighted by molar-refractivity contribution is 0.120. The predicted molar refractivity (Wildman–Crippen MR) is 389 cm³/mol. The molecule has 4 aliphatic carbocycles. The van der Waals surface area contributed by atoms with Crippen molar-refractivity contribution in [2.45, 2.75) is 122 Å². The fourth-order valence-electron chi connectivity index (χ4n) is 19.1. The summed E-state index contributed by atoms with van der Waals surface area (Å²) < 4.78 is 7.81. The van der Waals surface area contributed by atoms with E-state index in [1.165, 1.54) is 122 Å². The largest absolute Gasteiger partial charge is 0.491 e. The van der Waals surface area contributed by atoms with Crippen LogP contribution >= 0.6 is 11.8 Å². The number of fused-ring (bicyclic) bond motifs is 8. The summed E-state index contributed by atoms with van der Waals surface area (Å²) in [5, 5.41) is 0.614. The molecule has 0 aromatic heterocycles. The third-order valence-corrected chi connectivity index (χ3v) is 24.2. The Morgan fingerprint density at radius 3 is 1.62 bits per heavy atom. The van der Waals surface area contributed by atoms with Crippen LogP contribution in [0.15, 0.2) is 296 Å². The minimum Gasteiger partial charge on any atom is -0.491 e. The second-order valence-electron chi connectivity index (χ2n) is 27.3. The van der Waals surface area contributed by atoms with Gasteiger partial charge in [-0.3, -0.25) is 0 Å². The van der Waals surface area contributed by atoms with Crippen molar-refractivity contribution in [3.8, 4) is 39.1 Å². The van der Waals surface area contributed by atoms with Gasteiger partial charge in [-0.15, -0.1) is 0 Å². The van der Waals surface area contributed by atoms with Crippen molar-refractivity contribution in [1.29, 1.82) is 0 Å². The van der Waals surface area contributed by atoms with Crippen LogP contribution in [0, 0.1) is 0 Å². The molecule has 8 heteroatoms. The number of benzene rings is 10. The maximum atomic E-state index is 7.81. The smallest absolute Gasteiger partial charge is 0.225 e. The first kappa shape index (κ1) is 56.0. The topological polar surface area (TPSA) is 22.2 Å². The lowest BCUT2D eigenvalue weighted by Crippen LogP contribution is -2.68. The van der Waals surface area contributed by atoms with E-state index in [4.69, 9.17) is 4.74 Å². The lowest BCUT2D eigenvalue weighted by Gasteiger charge is -2.61. The average Bonchev–Trinajstić information content (AvgIpc) is 0.704. The molecular formula is C84H76B2N4OS. The molecule has 10 unspecified atom stereocenters. The van der Waals surface area contributed by atoms with Gasteiger partial charge >= 0.3 is 0 Å². The molecule has 0 spiro atoms. The SMILES string of the molecule is C1=C2B3c4ccccc4OC4CC(N(c5c(-c6ccccc6)cccc5-c5ccccc5)C5CCCCC5)CC(C34)N(c3ccccc3-c3ccccc3)C2=CC2SC3CC(N(c4ccccc4)c4ccccc4)CC4C3B(c3ccccc3N4c3ccccc3)C12. The third-order valence-electron chi connectivity index (χ3n) is 22.6. The van der Waals surface area contributed by atoms with Crippen molar-refractivity contribution in [1.82, 2.24) is 0 Å². The molecule has 4 heterocycles. The number of nitrogens with zero attached hydrogens (tertiary/aromatic N) is 4. The zero-order valence-corrected chi connectivity index (χ0v) is 52.9. The van der Waals surface area contributed by atoms with Crippen LogP contribution in [0.25, 0.3) is 33.4 Å². The Labute approximate surface area is 548 Å². The zero-order chi connectivity index (χ0) is 60.6. The van der Waals surface area contributed by atoms with Gasteiger partial charge in [-0.2, -0.15) is 11.8 Å². The molecule has 8 aliphatic rings. The van der Waals surface area contributed by atoms with Gasteiger partial charge in [0.15, 0.2) is 6.71 Å². The molecule has 0 bridgehead atoms. The number of hydrogen-bond acceptors (Lipinski definition) is 6. The van der Waals surface area contributed by atoms with Gasteiger partial charge in [0.05, 0.1) is 11.8 Å². The summed E-state index contributed by atoms with van der Waals surface area (Å²) >= 11 is 2.32. The summed E-state index contributed by atoms with van der Waals surface area (Å²) in [5.74, 6) is 1.95. The summed E-state index contributed by atoms with van der Waals surface area (Å²) in [4.78, 5) is 11.5. The highest BCUT2D eigenvalue weighted by atomic mass is 32.2. The van der Waals surface area contributed by atoms with Gasteiger partial charge in [0.1, 0.15) is 5.75 Å². The van der Waals surface area contributed by atoms with Gasteiger partial charge in [0, 0.05) is 104 Å². The highest BCUT2D eigenvalue weighted by molar-refractivity contribution is 8.01. The van der Waals surface area contributed by atoms with Crippen molar-refractivity contribution in [3.63, 3.8) is 0 Å². The molecule has 450 valence electrons. The predicted octanol–water partition coefficient (Wildman–Crippen LogP) is 18.9. The monoisotopic (exact) mass is 1210 g/mol. The van der Waals surface area contributed by atoms with E-state index in [1.54, 1.807) is 0 Å². The Kier molecular flexibility index (Phi) is 14.4. The molecule has 5 fully saturated rings. The fraction of sp³-hybridized carbons (Fsp3) is 0.238. The first-order valence-electron chi connectivity index (χ1n) is 34.3. The number of thioether (sulfide) groups is 1. The number of ether oxygens (including phenoxy) is 1. The molecule has 92 heavy (non-hydrogen) atoms. The highest BCUT2D eigenvalue weighted by Crippen LogP contribution is 2.62. The summed E-state index contributed by atoms with van der Waals surface area (Å²) in [7, 11) is 0. The first-order chi connectivity index (χ1) is 45.7.